The van der Waals surface area contributed by atoms with Gasteiger partial charge in [0.15, 0.2) is 5.15 Å². The first-order chi connectivity index (χ1) is 18.1. The first-order valence-electron chi connectivity index (χ1n) is 12.8. The van der Waals surface area contributed by atoms with E-state index in [9.17, 15) is 10.1 Å². The molecule has 2 aromatic carbocycles. The zero-order valence-corrected chi connectivity index (χ0v) is 22.7. The predicted molar refractivity (Wildman–Crippen MR) is 148 cm³/mol. The highest BCUT2D eigenvalue weighted by molar-refractivity contribution is 6.35. The zero-order valence-electron chi connectivity index (χ0n) is 21.9. The SMILES string of the molecule is Cc1ccc2[nH]nc(Cl)c2c1-c1c(C#N)c(N2CCC3(CN(C(=O)OC(C)(C)C)C3)C2)nc2ccccc12. The number of aromatic nitrogens is 3. The Morgan fingerprint density at radius 3 is 2.66 bits per heavy atom. The van der Waals surface area contributed by atoms with Crippen LogP contribution in [0.5, 0.6) is 0 Å². The van der Waals surface area contributed by atoms with Crippen LogP contribution in [0.3, 0.4) is 0 Å². The summed E-state index contributed by atoms with van der Waals surface area (Å²) in [5.41, 5.74) is 4.34. The van der Waals surface area contributed by atoms with Crippen molar-refractivity contribution < 1.29 is 9.53 Å². The van der Waals surface area contributed by atoms with Crippen molar-refractivity contribution in [3.63, 3.8) is 0 Å². The number of hydrogen-bond donors (Lipinski definition) is 1. The molecule has 4 heterocycles. The van der Waals surface area contributed by atoms with Crippen LogP contribution in [0.1, 0.15) is 38.3 Å². The largest absolute Gasteiger partial charge is 0.444 e. The van der Waals surface area contributed by atoms with Gasteiger partial charge >= 0.3 is 6.09 Å². The number of anilines is 1. The fourth-order valence-corrected chi connectivity index (χ4v) is 6.13. The number of halogens is 1. The second-order valence-corrected chi connectivity index (χ2v) is 11.9. The van der Waals surface area contributed by atoms with Gasteiger partial charge in [0, 0.05) is 47.9 Å². The molecule has 2 saturated heterocycles. The monoisotopic (exact) mass is 528 g/mol. The number of H-pyrrole nitrogens is 1. The van der Waals surface area contributed by atoms with Crippen molar-refractivity contribution in [1.82, 2.24) is 20.1 Å². The molecular formula is C29H29ClN6O2. The Kier molecular flexibility index (Phi) is 5.55. The van der Waals surface area contributed by atoms with Gasteiger partial charge in [-0.05, 0) is 57.4 Å². The van der Waals surface area contributed by atoms with Crippen LogP contribution < -0.4 is 4.90 Å². The number of pyridine rings is 1. The summed E-state index contributed by atoms with van der Waals surface area (Å²) in [5, 5.41) is 19.8. The number of likely N-dealkylation sites (tertiary alicyclic amines) is 1. The van der Waals surface area contributed by atoms with Crippen molar-refractivity contribution >= 4 is 45.3 Å². The van der Waals surface area contributed by atoms with E-state index in [-0.39, 0.29) is 11.5 Å². The van der Waals surface area contributed by atoms with Crippen LogP contribution in [0.4, 0.5) is 10.6 Å². The second-order valence-electron chi connectivity index (χ2n) is 11.5. The molecule has 194 valence electrons. The van der Waals surface area contributed by atoms with Crippen LogP contribution in [0.2, 0.25) is 5.15 Å². The number of nitrogens with one attached hydrogen (secondary N) is 1. The van der Waals surface area contributed by atoms with Gasteiger partial charge in [-0.3, -0.25) is 5.10 Å². The van der Waals surface area contributed by atoms with E-state index in [1.165, 1.54) is 0 Å². The average molecular weight is 529 g/mol. The summed E-state index contributed by atoms with van der Waals surface area (Å²) in [5.74, 6) is 0.671. The highest BCUT2D eigenvalue weighted by Crippen LogP contribution is 2.46. The molecule has 2 fully saturated rings. The molecule has 0 radical (unpaired) electrons. The van der Waals surface area contributed by atoms with Crippen molar-refractivity contribution in [3.8, 4) is 17.2 Å². The van der Waals surface area contributed by atoms with Crippen molar-refractivity contribution in [2.24, 2.45) is 5.41 Å². The molecule has 1 N–H and O–H groups in total. The van der Waals surface area contributed by atoms with Crippen LogP contribution in [0, 0.1) is 23.7 Å². The number of fused-ring (bicyclic) bond motifs is 2. The number of carbonyl (C=O) groups excluding carboxylic acids is 1. The number of nitrogens with zero attached hydrogens (tertiary/aromatic N) is 5. The van der Waals surface area contributed by atoms with Gasteiger partial charge in [0.1, 0.15) is 23.1 Å². The molecule has 0 bridgehead atoms. The molecule has 2 aliphatic rings. The van der Waals surface area contributed by atoms with Crippen LogP contribution in [0.25, 0.3) is 32.9 Å². The molecule has 9 heteroatoms. The maximum atomic E-state index is 12.5. The molecule has 0 aliphatic carbocycles. The number of aryl methyl sites for hydroxylation is 1. The minimum atomic E-state index is -0.520. The third-order valence-corrected chi connectivity index (χ3v) is 7.85. The third kappa shape index (κ3) is 3.93. The number of amides is 1. The minimum Gasteiger partial charge on any atom is -0.444 e. The molecule has 4 aromatic rings. The first-order valence-corrected chi connectivity index (χ1v) is 13.2. The normalized spacial score (nSPS) is 16.7. The Hall–Kier alpha value is -3.83. The van der Waals surface area contributed by atoms with E-state index in [1.54, 1.807) is 4.90 Å². The van der Waals surface area contributed by atoms with E-state index in [0.717, 1.165) is 58.0 Å². The van der Waals surface area contributed by atoms with Crippen molar-refractivity contribution in [3.05, 3.63) is 52.7 Å². The Balaban J connectivity index is 1.42. The number of rotatable bonds is 2. The molecule has 2 aromatic heterocycles. The van der Waals surface area contributed by atoms with Crippen LogP contribution in [-0.4, -0.2) is 58.0 Å². The molecule has 0 saturated carbocycles. The molecule has 1 spiro atoms. The van der Waals surface area contributed by atoms with Crippen molar-refractivity contribution in [2.45, 2.75) is 39.7 Å². The Labute approximate surface area is 226 Å². The maximum absolute atomic E-state index is 12.5. The lowest BCUT2D eigenvalue weighted by Crippen LogP contribution is -2.60. The molecule has 2 aliphatic heterocycles. The number of nitriles is 1. The topological polar surface area (TPSA) is 98.1 Å². The molecule has 6 rings (SSSR count). The molecule has 1 amide bonds. The molecule has 8 nitrogen and oxygen atoms in total. The van der Waals surface area contributed by atoms with Crippen molar-refractivity contribution in [1.29, 1.82) is 5.26 Å². The quantitative estimate of drug-likeness (QED) is 0.339. The summed E-state index contributed by atoms with van der Waals surface area (Å²) < 4.78 is 5.55. The average Bonchev–Trinajstić information content (AvgIpc) is 3.46. The van der Waals surface area contributed by atoms with Crippen LogP contribution >= 0.6 is 11.6 Å². The first kappa shape index (κ1) is 24.5. The Morgan fingerprint density at radius 1 is 1.16 bits per heavy atom. The Morgan fingerprint density at radius 2 is 1.92 bits per heavy atom. The van der Waals surface area contributed by atoms with Crippen molar-refractivity contribution in [2.75, 3.05) is 31.1 Å². The number of ether oxygens (including phenoxy) is 1. The fraction of sp³-hybridized carbons (Fsp3) is 0.379. The van der Waals surface area contributed by atoms with E-state index < -0.39 is 5.60 Å². The second kappa shape index (κ2) is 8.60. The highest BCUT2D eigenvalue weighted by Gasteiger charge is 2.51. The molecule has 0 atom stereocenters. The third-order valence-electron chi connectivity index (χ3n) is 7.57. The van der Waals surface area contributed by atoms with E-state index in [4.69, 9.17) is 21.3 Å². The molecule has 0 unspecified atom stereocenters. The van der Waals surface area contributed by atoms with Gasteiger partial charge in [0.2, 0.25) is 0 Å². The summed E-state index contributed by atoms with van der Waals surface area (Å²) in [4.78, 5) is 21.5. The number of para-hydroxylation sites is 1. The van der Waals surface area contributed by atoms with Crippen LogP contribution in [0.15, 0.2) is 36.4 Å². The zero-order chi connectivity index (χ0) is 26.8. The lowest BCUT2D eigenvalue weighted by Gasteiger charge is -2.47. The summed E-state index contributed by atoms with van der Waals surface area (Å²) in [6.07, 6.45) is 0.648. The van der Waals surface area contributed by atoms with Gasteiger partial charge in [-0.1, -0.05) is 35.9 Å². The fourth-order valence-electron chi connectivity index (χ4n) is 5.89. The van der Waals surface area contributed by atoms with E-state index in [0.29, 0.717) is 29.6 Å². The van der Waals surface area contributed by atoms with Gasteiger partial charge in [0.25, 0.3) is 0 Å². The lowest BCUT2D eigenvalue weighted by molar-refractivity contribution is -0.0266. The predicted octanol–water partition coefficient (Wildman–Crippen LogP) is 6.06. The summed E-state index contributed by atoms with van der Waals surface area (Å²) in [6.45, 7) is 10.4. The minimum absolute atomic E-state index is 0.0269. The highest BCUT2D eigenvalue weighted by atomic mass is 35.5. The Bertz CT molecular complexity index is 1640. The van der Waals surface area contributed by atoms with Gasteiger partial charge in [-0.15, -0.1) is 0 Å². The summed E-state index contributed by atoms with van der Waals surface area (Å²) >= 11 is 6.56. The summed E-state index contributed by atoms with van der Waals surface area (Å²) in [7, 11) is 0. The van der Waals surface area contributed by atoms with E-state index in [2.05, 4.69) is 21.2 Å². The number of carbonyl (C=O) groups is 1. The van der Waals surface area contributed by atoms with Gasteiger partial charge in [-0.25, -0.2) is 9.78 Å². The molecule has 38 heavy (non-hydrogen) atoms. The van der Waals surface area contributed by atoms with E-state index >= 15 is 0 Å². The van der Waals surface area contributed by atoms with E-state index in [1.807, 2.05) is 64.1 Å². The maximum Gasteiger partial charge on any atom is 0.410 e. The lowest BCUT2D eigenvalue weighted by atomic mass is 9.79. The summed E-state index contributed by atoms with van der Waals surface area (Å²) in [6, 6.07) is 14.4. The number of benzene rings is 2. The number of hydrogen-bond acceptors (Lipinski definition) is 6. The standard InChI is InChI=1S/C29H29ClN6O2/c1-17-9-10-21-24(25(30)34-33-21)22(17)23-18-7-5-6-8-20(18)32-26(19(23)13-31)35-12-11-29(14-35)15-36(16-29)27(37)38-28(2,3)4/h5-10H,11-12,14-16H2,1-4H3,(H,33,34). The van der Waals surface area contributed by atoms with Gasteiger partial charge in [-0.2, -0.15) is 10.4 Å². The van der Waals surface area contributed by atoms with Gasteiger partial charge in [0.05, 0.1) is 11.0 Å². The smallest absolute Gasteiger partial charge is 0.410 e. The van der Waals surface area contributed by atoms with Crippen LogP contribution in [-0.2, 0) is 4.74 Å². The van der Waals surface area contributed by atoms with Gasteiger partial charge < -0.3 is 14.5 Å². The molecular weight excluding hydrogens is 500 g/mol. The number of aromatic amines is 1.